The van der Waals surface area contributed by atoms with Crippen molar-refractivity contribution in [3.8, 4) is 0 Å². The Hall–Kier alpha value is -2.58. The lowest BCUT2D eigenvalue weighted by molar-refractivity contribution is -0.384. The molecule has 1 saturated heterocycles. The van der Waals surface area contributed by atoms with E-state index in [9.17, 15) is 14.9 Å². The van der Waals surface area contributed by atoms with E-state index >= 15 is 0 Å². The second-order valence-corrected chi connectivity index (χ2v) is 7.72. The molecule has 1 aliphatic rings. The van der Waals surface area contributed by atoms with E-state index in [1.807, 2.05) is 18.2 Å². The molecule has 0 aromatic heterocycles. The maximum Gasteiger partial charge on any atom is 0.269 e. The van der Waals surface area contributed by atoms with Crippen LogP contribution in [0.5, 0.6) is 0 Å². The predicted molar refractivity (Wildman–Crippen MR) is 112 cm³/mol. The summed E-state index contributed by atoms with van der Waals surface area (Å²) in [6.07, 6.45) is 0. The third-order valence-corrected chi connectivity index (χ3v) is 5.62. The first-order valence-electron chi connectivity index (χ1n) is 9.28. The van der Waals surface area contributed by atoms with Gasteiger partial charge in [0.15, 0.2) is 0 Å². The number of benzene rings is 2. The minimum absolute atomic E-state index is 0.0532. The van der Waals surface area contributed by atoms with E-state index in [0.717, 1.165) is 37.6 Å². The summed E-state index contributed by atoms with van der Waals surface area (Å²) in [5.41, 5.74) is 1.08. The summed E-state index contributed by atoms with van der Waals surface area (Å²) in [7, 11) is 0. The predicted octanol–water partition coefficient (Wildman–Crippen LogP) is 2.63. The zero-order chi connectivity index (χ0) is 19.8. The van der Waals surface area contributed by atoms with E-state index in [2.05, 4.69) is 27.2 Å². The van der Waals surface area contributed by atoms with Gasteiger partial charge in [-0.2, -0.15) is 0 Å². The van der Waals surface area contributed by atoms with Gasteiger partial charge in [0, 0.05) is 61.2 Å². The van der Waals surface area contributed by atoms with Crippen LogP contribution < -0.4 is 10.2 Å². The number of non-ortho nitro benzene ring substituents is 1. The molecule has 3 rings (SSSR count). The Morgan fingerprint density at radius 2 is 1.71 bits per heavy atom. The lowest BCUT2D eigenvalue weighted by atomic mass is 10.2. The SMILES string of the molecule is O=C(CN1CCN(c2ccc([N+](=O)[O-])cc2)CC1)NCCSc1ccccc1. The normalized spacial score (nSPS) is 14.6. The molecule has 0 radical (unpaired) electrons. The van der Waals surface area contributed by atoms with Crippen LogP contribution in [0.15, 0.2) is 59.5 Å². The number of anilines is 1. The Kier molecular flexibility index (Phi) is 7.27. The van der Waals surface area contributed by atoms with Crippen LogP contribution in [-0.4, -0.2) is 60.8 Å². The van der Waals surface area contributed by atoms with E-state index in [1.165, 1.54) is 17.0 Å². The Morgan fingerprint density at radius 1 is 1.04 bits per heavy atom. The summed E-state index contributed by atoms with van der Waals surface area (Å²) in [6, 6.07) is 16.8. The van der Waals surface area contributed by atoms with Crippen LogP contribution in [0.3, 0.4) is 0 Å². The summed E-state index contributed by atoms with van der Waals surface area (Å²) in [5, 5.41) is 13.7. The van der Waals surface area contributed by atoms with Crippen LogP contribution >= 0.6 is 11.8 Å². The quantitative estimate of drug-likeness (QED) is 0.318. The standard InChI is InChI=1S/C20H24N4O3S/c25-20(21-10-15-28-19-4-2-1-3-5-19)16-22-11-13-23(14-12-22)17-6-8-18(9-7-17)24(26)27/h1-9H,10-16H2,(H,21,25). The number of amides is 1. The largest absolute Gasteiger partial charge is 0.369 e. The summed E-state index contributed by atoms with van der Waals surface area (Å²) in [5.74, 6) is 0.904. The van der Waals surface area contributed by atoms with Crippen molar-refractivity contribution in [2.24, 2.45) is 0 Å². The molecule has 28 heavy (non-hydrogen) atoms. The molecule has 1 N–H and O–H groups in total. The molecule has 8 heteroatoms. The van der Waals surface area contributed by atoms with Gasteiger partial charge >= 0.3 is 0 Å². The Balaban J connectivity index is 1.34. The van der Waals surface area contributed by atoms with Gasteiger partial charge < -0.3 is 10.2 Å². The highest BCUT2D eigenvalue weighted by Gasteiger charge is 2.19. The molecular formula is C20H24N4O3S. The van der Waals surface area contributed by atoms with Crippen LogP contribution in [0.4, 0.5) is 11.4 Å². The van der Waals surface area contributed by atoms with Gasteiger partial charge in [0.1, 0.15) is 0 Å². The zero-order valence-electron chi connectivity index (χ0n) is 15.6. The Bertz CT molecular complexity index is 778. The lowest BCUT2D eigenvalue weighted by Gasteiger charge is -2.35. The molecule has 1 amide bonds. The van der Waals surface area contributed by atoms with Crippen LogP contribution in [0.2, 0.25) is 0 Å². The van der Waals surface area contributed by atoms with E-state index in [-0.39, 0.29) is 11.6 Å². The van der Waals surface area contributed by atoms with E-state index < -0.39 is 4.92 Å². The van der Waals surface area contributed by atoms with Crippen molar-refractivity contribution in [3.05, 3.63) is 64.7 Å². The van der Waals surface area contributed by atoms with Crippen molar-refractivity contribution in [2.75, 3.05) is 49.9 Å². The number of carbonyl (C=O) groups is 1. The zero-order valence-corrected chi connectivity index (χ0v) is 16.4. The third kappa shape index (κ3) is 5.97. The monoisotopic (exact) mass is 400 g/mol. The van der Waals surface area contributed by atoms with E-state index in [0.29, 0.717) is 13.1 Å². The Morgan fingerprint density at radius 3 is 2.36 bits per heavy atom. The first-order valence-corrected chi connectivity index (χ1v) is 10.3. The van der Waals surface area contributed by atoms with Gasteiger partial charge in [-0.1, -0.05) is 18.2 Å². The highest BCUT2D eigenvalue weighted by Crippen LogP contribution is 2.20. The second-order valence-electron chi connectivity index (χ2n) is 6.55. The minimum atomic E-state index is -0.390. The minimum Gasteiger partial charge on any atom is -0.369 e. The number of nitrogens with zero attached hydrogens (tertiary/aromatic N) is 3. The molecule has 1 heterocycles. The number of piperazine rings is 1. The number of nitrogens with one attached hydrogen (secondary N) is 1. The first kappa shape index (κ1) is 20.2. The molecule has 0 bridgehead atoms. The number of hydrogen-bond acceptors (Lipinski definition) is 6. The fraction of sp³-hybridized carbons (Fsp3) is 0.350. The summed E-state index contributed by atoms with van der Waals surface area (Å²) in [4.78, 5) is 28.0. The molecule has 0 aliphatic carbocycles. The molecule has 1 fully saturated rings. The second kappa shape index (κ2) is 10.1. The number of nitro groups is 1. The average Bonchev–Trinajstić information content (AvgIpc) is 2.73. The first-order chi connectivity index (χ1) is 13.6. The summed E-state index contributed by atoms with van der Waals surface area (Å²) < 4.78 is 0. The molecule has 1 aliphatic heterocycles. The van der Waals surface area contributed by atoms with E-state index in [1.54, 1.807) is 23.9 Å². The van der Waals surface area contributed by atoms with Gasteiger partial charge in [-0.25, -0.2) is 0 Å². The van der Waals surface area contributed by atoms with Crippen LogP contribution in [-0.2, 0) is 4.79 Å². The van der Waals surface area contributed by atoms with Crippen molar-refractivity contribution in [1.82, 2.24) is 10.2 Å². The maximum atomic E-state index is 12.1. The van der Waals surface area contributed by atoms with Crippen molar-refractivity contribution in [1.29, 1.82) is 0 Å². The van der Waals surface area contributed by atoms with Gasteiger partial charge in [-0.15, -0.1) is 11.8 Å². The molecule has 7 nitrogen and oxygen atoms in total. The fourth-order valence-corrected chi connectivity index (χ4v) is 3.87. The van der Waals surface area contributed by atoms with Crippen LogP contribution in [0, 0.1) is 10.1 Å². The summed E-state index contributed by atoms with van der Waals surface area (Å²) >= 11 is 1.73. The van der Waals surface area contributed by atoms with Gasteiger partial charge in [-0.3, -0.25) is 19.8 Å². The van der Waals surface area contributed by atoms with Gasteiger partial charge in [0.05, 0.1) is 11.5 Å². The molecule has 0 saturated carbocycles. The highest BCUT2D eigenvalue weighted by atomic mass is 32.2. The van der Waals surface area contributed by atoms with Crippen molar-refractivity contribution in [3.63, 3.8) is 0 Å². The van der Waals surface area contributed by atoms with Gasteiger partial charge in [0.25, 0.3) is 5.69 Å². The average molecular weight is 401 g/mol. The number of carbonyl (C=O) groups excluding carboxylic acids is 1. The maximum absolute atomic E-state index is 12.1. The molecular weight excluding hydrogens is 376 g/mol. The highest BCUT2D eigenvalue weighted by molar-refractivity contribution is 7.99. The van der Waals surface area contributed by atoms with Crippen molar-refractivity contribution >= 4 is 29.0 Å². The summed E-state index contributed by atoms with van der Waals surface area (Å²) in [6.45, 7) is 4.25. The molecule has 0 unspecified atom stereocenters. The third-order valence-electron chi connectivity index (χ3n) is 4.60. The molecule has 0 spiro atoms. The molecule has 2 aromatic rings. The van der Waals surface area contributed by atoms with Crippen molar-refractivity contribution < 1.29 is 9.72 Å². The molecule has 0 atom stereocenters. The number of rotatable bonds is 8. The Labute approximate surface area is 168 Å². The number of thioether (sulfide) groups is 1. The fourth-order valence-electron chi connectivity index (χ4n) is 3.08. The van der Waals surface area contributed by atoms with Crippen LogP contribution in [0.1, 0.15) is 0 Å². The number of hydrogen-bond donors (Lipinski definition) is 1. The van der Waals surface area contributed by atoms with E-state index in [4.69, 9.17) is 0 Å². The van der Waals surface area contributed by atoms with Crippen molar-refractivity contribution in [2.45, 2.75) is 4.90 Å². The van der Waals surface area contributed by atoms with Crippen LogP contribution in [0.25, 0.3) is 0 Å². The smallest absolute Gasteiger partial charge is 0.269 e. The lowest BCUT2D eigenvalue weighted by Crippen LogP contribution is -2.49. The topological polar surface area (TPSA) is 78.7 Å². The molecule has 2 aromatic carbocycles. The number of nitro benzene ring substituents is 1. The van der Waals surface area contributed by atoms with Gasteiger partial charge in [0.2, 0.25) is 5.91 Å². The molecule has 148 valence electrons. The van der Waals surface area contributed by atoms with Gasteiger partial charge in [-0.05, 0) is 24.3 Å².